The number of anilines is 4. The van der Waals surface area contributed by atoms with E-state index in [0.717, 1.165) is 11.4 Å². The van der Waals surface area contributed by atoms with Gasteiger partial charge in [0, 0.05) is 52.7 Å². The van der Waals surface area contributed by atoms with Crippen LogP contribution in [0.4, 0.5) is 23.3 Å². The molecule has 0 N–H and O–H groups in total. The Bertz CT molecular complexity index is 1700. The molecule has 0 saturated heterocycles. The quantitative estimate of drug-likeness (QED) is 0.149. The Labute approximate surface area is 265 Å². The van der Waals surface area contributed by atoms with Gasteiger partial charge in [-0.15, -0.1) is 0 Å². The zero-order chi connectivity index (χ0) is 32.1. The molecule has 16 heteroatoms. The third kappa shape index (κ3) is 8.73. The van der Waals surface area contributed by atoms with E-state index in [0.29, 0.717) is 34.7 Å². The van der Waals surface area contributed by atoms with Crippen molar-refractivity contribution in [2.75, 3.05) is 48.2 Å². The summed E-state index contributed by atoms with van der Waals surface area (Å²) in [5, 5.41) is 24.2. The van der Waals surface area contributed by atoms with Gasteiger partial charge in [0.15, 0.2) is 23.3 Å². The molecular formula is C30H30N16. The van der Waals surface area contributed by atoms with E-state index in [-0.39, 0.29) is 0 Å². The predicted molar refractivity (Wildman–Crippen MR) is 179 cm³/mol. The number of nitrogens with zero attached hydrogens (tertiary/aromatic N) is 16. The lowest BCUT2D eigenvalue weighted by atomic mass is 10.3. The molecule has 0 bridgehead atoms. The Hall–Kier alpha value is -6.58. The smallest absolute Gasteiger partial charge is 0.154 e. The number of pyridine rings is 2. The van der Waals surface area contributed by atoms with Gasteiger partial charge < -0.3 is 0 Å². The van der Waals surface area contributed by atoms with Crippen LogP contribution in [0.5, 0.6) is 0 Å². The number of aromatic nitrogens is 8. The Morgan fingerprint density at radius 3 is 1.11 bits per heavy atom. The molecule has 230 valence electrons. The van der Waals surface area contributed by atoms with Crippen LogP contribution in [0.1, 0.15) is 22.8 Å². The average molecular weight is 615 g/mol. The zero-order valence-electron chi connectivity index (χ0n) is 25.5. The number of hydrazone groups is 4. The van der Waals surface area contributed by atoms with Crippen LogP contribution in [-0.4, -0.2) is 92.9 Å². The standard InChI is InChI=1S/C30H30N16/c1-43(39-16-23-9-5-7-11-31-23)27-14-29(37-21-35-27)45(3)41-18-25-13-26(34-20-33-25)19-42-46(4)30-15-28(36-22-38-30)44(2)40-17-24-10-6-8-12-32-24/h5-22H,1-4H3/b39-16+,40-17+,41-18+,42-19+. The summed E-state index contributed by atoms with van der Waals surface area (Å²) in [7, 11) is 7.13. The Morgan fingerprint density at radius 1 is 0.413 bits per heavy atom. The molecule has 46 heavy (non-hydrogen) atoms. The molecule has 0 aliphatic heterocycles. The van der Waals surface area contributed by atoms with Gasteiger partial charge in [-0.05, 0) is 30.3 Å². The SMILES string of the molecule is CN(/N=C/c1ccccn1)c1cc(N(C)/N=C/c2cc(/C=N/N(C)c3cc(N(C)/N=C/c4ccccn4)ncn3)ncn2)ncn1. The summed E-state index contributed by atoms with van der Waals surface area (Å²) in [4.78, 5) is 34.3. The summed E-state index contributed by atoms with van der Waals surface area (Å²) in [5.74, 6) is 2.30. The molecule has 0 aromatic carbocycles. The molecule has 0 unspecified atom stereocenters. The largest absolute Gasteiger partial charge is 0.255 e. The van der Waals surface area contributed by atoms with Crippen LogP contribution in [0.15, 0.2) is 106 Å². The Morgan fingerprint density at radius 2 is 0.761 bits per heavy atom. The molecule has 5 rings (SSSR count). The highest BCUT2D eigenvalue weighted by Gasteiger charge is 2.08. The fourth-order valence-electron chi connectivity index (χ4n) is 3.64. The third-order valence-corrected chi connectivity index (χ3v) is 6.14. The topological polar surface area (TPSA) is 166 Å². The minimum Gasteiger partial charge on any atom is -0.255 e. The van der Waals surface area contributed by atoms with E-state index in [1.807, 2.05) is 36.4 Å². The molecule has 5 aromatic rings. The van der Waals surface area contributed by atoms with Gasteiger partial charge in [0.25, 0.3) is 0 Å². The predicted octanol–water partition coefficient (Wildman–Crippen LogP) is 2.73. The second-order valence-corrected chi connectivity index (χ2v) is 9.42. The van der Waals surface area contributed by atoms with Gasteiger partial charge >= 0.3 is 0 Å². The van der Waals surface area contributed by atoms with Gasteiger partial charge in [0.1, 0.15) is 19.0 Å². The molecule has 0 radical (unpaired) electrons. The highest BCUT2D eigenvalue weighted by atomic mass is 15.5. The molecule has 0 aliphatic carbocycles. The van der Waals surface area contributed by atoms with Crippen molar-refractivity contribution in [3.63, 3.8) is 0 Å². The number of rotatable bonds is 12. The maximum Gasteiger partial charge on any atom is 0.154 e. The molecular weight excluding hydrogens is 584 g/mol. The summed E-state index contributed by atoms with van der Waals surface area (Å²) < 4.78 is 0. The fourth-order valence-corrected chi connectivity index (χ4v) is 3.64. The first-order valence-corrected chi connectivity index (χ1v) is 13.8. The van der Waals surface area contributed by atoms with E-state index in [1.54, 1.807) is 104 Å². The van der Waals surface area contributed by atoms with E-state index in [2.05, 4.69) is 60.3 Å². The van der Waals surface area contributed by atoms with Crippen LogP contribution in [0.3, 0.4) is 0 Å². The maximum absolute atomic E-state index is 4.47. The van der Waals surface area contributed by atoms with Crippen LogP contribution in [-0.2, 0) is 0 Å². The number of hydrogen-bond acceptors (Lipinski definition) is 16. The van der Waals surface area contributed by atoms with Crippen molar-refractivity contribution >= 4 is 48.1 Å². The molecule has 0 aliphatic rings. The van der Waals surface area contributed by atoms with Crippen molar-refractivity contribution in [3.8, 4) is 0 Å². The lowest BCUT2D eigenvalue weighted by Crippen LogP contribution is -2.15. The van der Waals surface area contributed by atoms with Crippen molar-refractivity contribution in [1.82, 2.24) is 39.9 Å². The Balaban J connectivity index is 1.20. The monoisotopic (exact) mass is 614 g/mol. The van der Waals surface area contributed by atoms with Gasteiger partial charge in [-0.2, -0.15) is 20.4 Å². The molecule has 0 amide bonds. The summed E-state index contributed by atoms with van der Waals surface area (Å²) in [6, 6.07) is 16.5. The van der Waals surface area contributed by atoms with Crippen molar-refractivity contribution in [2.45, 2.75) is 0 Å². The van der Waals surface area contributed by atoms with E-state index >= 15 is 0 Å². The minimum absolute atomic E-state index is 0.566. The summed E-state index contributed by atoms with van der Waals surface area (Å²) >= 11 is 0. The van der Waals surface area contributed by atoms with Gasteiger partial charge in [0.05, 0.1) is 47.6 Å². The molecule has 5 heterocycles. The second-order valence-electron chi connectivity index (χ2n) is 9.42. The van der Waals surface area contributed by atoms with E-state index in [1.165, 1.54) is 19.0 Å². The van der Waals surface area contributed by atoms with E-state index in [9.17, 15) is 0 Å². The second kappa shape index (κ2) is 15.2. The lowest BCUT2D eigenvalue weighted by molar-refractivity contribution is 0.930. The first-order valence-electron chi connectivity index (χ1n) is 13.8. The normalized spacial score (nSPS) is 11.6. The molecule has 0 spiro atoms. The zero-order valence-corrected chi connectivity index (χ0v) is 25.5. The lowest BCUT2D eigenvalue weighted by Gasteiger charge is -2.15. The molecule has 16 nitrogen and oxygen atoms in total. The summed E-state index contributed by atoms with van der Waals surface area (Å²) in [6.45, 7) is 0. The Kier molecular flexibility index (Phi) is 10.2. The van der Waals surface area contributed by atoms with Crippen LogP contribution in [0, 0.1) is 0 Å². The molecule has 0 atom stereocenters. The summed E-state index contributed by atoms with van der Waals surface area (Å²) in [6.07, 6.45) is 14.3. The van der Waals surface area contributed by atoms with Crippen LogP contribution in [0.2, 0.25) is 0 Å². The summed E-state index contributed by atoms with van der Waals surface area (Å²) in [5.41, 5.74) is 2.63. The number of hydrogen-bond donors (Lipinski definition) is 0. The maximum atomic E-state index is 4.47. The van der Waals surface area contributed by atoms with E-state index in [4.69, 9.17) is 0 Å². The first-order chi connectivity index (χ1) is 22.4. The van der Waals surface area contributed by atoms with Crippen LogP contribution >= 0.6 is 0 Å². The van der Waals surface area contributed by atoms with Crippen molar-refractivity contribution in [2.24, 2.45) is 20.4 Å². The molecule has 5 aromatic heterocycles. The van der Waals surface area contributed by atoms with Gasteiger partial charge in [-0.3, -0.25) is 30.0 Å². The minimum atomic E-state index is 0.566. The first kappa shape index (κ1) is 30.9. The van der Waals surface area contributed by atoms with Gasteiger partial charge in [-0.25, -0.2) is 29.9 Å². The third-order valence-electron chi connectivity index (χ3n) is 6.14. The van der Waals surface area contributed by atoms with E-state index < -0.39 is 0 Å². The van der Waals surface area contributed by atoms with Crippen LogP contribution < -0.4 is 20.0 Å². The van der Waals surface area contributed by atoms with Crippen molar-refractivity contribution < 1.29 is 0 Å². The average Bonchev–Trinajstić information content (AvgIpc) is 3.12. The molecule has 0 saturated carbocycles. The van der Waals surface area contributed by atoms with Gasteiger partial charge in [-0.1, -0.05) is 12.1 Å². The highest BCUT2D eigenvalue weighted by Crippen LogP contribution is 2.17. The van der Waals surface area contributed by atoms with Crippen molar-refractivity contribution in [1.29, 1.82) is 0 Å². The molecule has 0 fully saturated rings. The van der Waals surface area contributed by atoms with Crippen LogP contribution in [0.25, 0.3) is 0 Å². The highest BCUT2D eigenvalue weighted by molar-refractivity contribution is 5.83. The fraction of sp³-hybridized carbons (Fsp3) is 0.133. The van der Waals surface area contributed by atoms with Crippen molar-refractivity contribution in [3.05, 3.63) is 109 Å². The van der Waals surface area contributed by atoms with Gasteiger partial charge in [0.2, 0.25) is 0 Å².